The van der Waals surface area contributed by atoms with Gasteiger partial charge in [-0.25, -0.2) is 5.01 Å². The second-order valence-corrected chi connectivity index (χ2v) is 2.16. The first-order valence-corrected chi connectivity index (χ1v) is 3.01. The van der Waals surface area contributed by atoms with E-state index in [1.807, 2.05) is 19.1 Å². The number of rotatable bonds is 1. The molecule has 1 heterocycles. The topological polar surface area (TPSA) is 39.7 Å². The second-order valence-electron chi connectivity index (χ2n) is 2.16. The first-order valence-electron chi connectivity index (χ1n) is 3.01. The van der Waals surface area contributed by atoms with Crippen molar-refractivity contribution in [2.24, 2.45) is 4.99 Å². The normalized spacial score (nSPS) is 17.4. The molecule has 0 amide bonds. The number of hydrogen-bond donors (Lipinski definition) is 2. The molecule has 0 saturated heterocycles. The quantitative estimate of drug-likeness (QED) is 0.445. The molecule has 0 spiro atoms. The summed E-state index contributed by atoms with van der Waals surface area (Å²) in [6.07, 6.45) is 0. The highest BCUT2D eigenvalue weighted by atomic mass is 15.5. The van der Waals surface area contributed by atoms with Crippen LogP contribution in [0.3, 0.4) is 0 Å². The van der Waals surface area contributed by atoms with Crippen molar-refractivity contribution in [3.8, 4) is 0 Å². The highest BCUT2D eigenvalue weighted by Gasteiger charge is 2.02. The van der Waals surface area contributed by atoms with Crippen LogP contribution in [0.25, 0.3) is 0 Å². The first kappa shape index (κ1) is 6.35. The van der Waals surface area contributed by atoms with Gasteiger partial charge in [-0.1, -0.05) is 0 Å². The zero-order valence-corrected chi connectivity index (χ0v) is 5.81. The Kier molecular flexibility index (Phi) is 1.89. The third-order valence-corrected chi connectivity index (χ3v) is 1.00. The van der Waals surface area contributed by atoms with Gasteiger partial charge in [0.15, 0.2) is 0 Å². The number of hydrogen-bond acceptors (Lipinski definition) is 4. The minimum absolute atomic E-state index is 0.875. The molecular weight excluding hydrogens is 116 g/mol. The maximum absolute atomic E-state index is 4.13. The van der Waals surface area contributed by atoms with E-state index in [-0.39, 0.29) is 0 Å². The van der Waals surface area contributed by atoms with Gasteiger partial charge in [0.1, 0.15) is 0 Å². The summed E-state index contributed by atoms with van der Waals surface area (Å²) in [4.78, 5) is 4.13. The van der Waals surface area contributed by atoms with E-state index in [9.17, 15) is 0 Å². The SMILES string of the molecule is CN(C)NC1=NCCN1. The molecule has 0 aromatic carbocycles. The fourth-order valence-electron chi connectivity index (χ4n) is 0.685. The van der Waals surface area contributed by atoms with Gasteiger partial charge in [-0.3, -0.25) is 10.4 Å². The molecule has 0 atom stereocenters. The summed E-state index contributed by atoms with van der Waals surface area (Å²) in [5.74, 6) is 0.875. The van der Waals surface area contributed by atoms with Crippen LogP contribution < -0.4 is 10.7 Å². The van der Waals surface area contributed by atoms with E-state index in [1.165, 1.54) is 0 Å². The smallest absolute Gasteiger partial charge is 0.206 e. The Morgan fingerprint density at radius 1 is 1.67 bits per heavy atom. The second kappa shape index (κ2) is 2.68. The number of nitrogens with one attached hydrogen (secondary N) is 2. The Morgan fingerprint density at radius 2 is 2.44 bits per heavy atom. The van der Waals surface area contributed by atoms with E-state index in [4.69, 9.17) is 0 Å². The molecule has 1 rings (SSSR count). The van der Waals surface area contributed by atoms with Crippen molar-refractivity contribution >= 4 is 5.96 Å². The average molecular weight is 128 g/mol. The van der Waals surface area contributed by atoms with Crippen LogP contribution in [0.5, 0.6) is 0 Å². The van der Waals surface area contributed by atoms with E-state index in [0.29, 0.717) is 0 Å². The van der Waals surface area contributed by atoms with E-state index in [1.54, 1.807) is 0 Å². The van der Waals surface area contributed by atoms with E-state index >= 15 is 0 Å². The maximum atomic E-state index is 4.13. The lowest BCUT2D eigenvalue weighted by Crippen LogP contribution is -2.42. The molecule has 4 heteroatoms. The molecule has 0 saturated carbocycles. The fourth-order valence-corrected chi connectivity index (χ4v) is 0.685. The molecule has 52 valence electrons. The molecule has 0 fully saturated rings. The van der Waals surface area contributed by atoms with Crippen molar-refractivity contribution in [1.29, 1.82) is 0 Å². The van der Waals surface area contributed by atoms with Gasteiger partial charge in [0.05, 0.1) is 6.54 Å². The first-order chi connectivity index (χ1) is 4.29. The third kappa shape index (κ3) is 1.89. The van der Waals surface area contributed by atoms with E-state index in [2.05, 4.69) is 15.7 Å². The van der Waals surface area contributed by atoms with Crippen molar-refractivity contribution in [1.82, 2.24) is 15.8 Å². The van der Waals surface area contributed by atoms with Crippen molar-refractivity contribution in [2.75, 3.05) is 27.2 Å². The molecular formula is C5H12N4. The van der Waals surface area contributed by atoms with Crippen LogP contribution in [0.2, 0.25) is 0 Å². The highest BCUT2D eigenvalue weighted by molar-refractivity contribution is 5.80. The van der Waals surface area contributed by atoms with Crippen molar-refractivity contribution in [3.63, 3.8) is 0 Å². The zero-order valence-electron chi connectivity index (χ0n) is 5.81. The van der Waals surface area contributed by atoms with Crippen LogP contribution in [0, 0.1) is 0 Å². The monoisotopic (exact) mass is 128 g/mol. The number of hydrazine groups is 1. The predicted octanol–water partition coefficient (Wildman–Crippen LogP) is -0.988. The van der Waals surface area contributed by atoms with Crippen LogP contribution in [0.15, 0.2) is 4.99 Å². The van der Waals surface area contributed by atoms with Gasteiger partial charge >= 0.3 is 0 Å². The lowest BCUT2D eigenvalue weighted by Gasteiger charge is -2.12. The molecule has 9 heavy (non-hydrogen) atoms. The van der Waals surface area contributed by atoms with Gasteiger partial charge in [0.2, 0.25) is 5.96 Å². The summed E-state index contributed by atoms with van der Waals surface area (Å²) in [6, 6.07) is 0. The van der Waals surface area contributed by atoms with E-state index < -0.39 is 0 Å². The summed E-state index contributed by atoms with van der Waals surface area (Å²) in [7, 11) is 3.87. The van der Waals surface area contributed by atoms with Gasteiger partial charge in [-0.05, 0) is 0 Å². The van der Waals surface area contributed by atoms with Crippen LogP contribution >= 0.6 is 0 Å². The van der Waals surface area contributed by atoms with Crippen molar-refractivity contribution in [2.45, 2.75) is 0 Å². The Labute approximate surface area is 54.9 Å². The van der Waals surface area contributed by atoms with Gasteiger partial charge in [0.25, 0.3) is 0 Å². The van der Waals surface area contributed by atoms with Crippen molar-refractivity contribution < 1.29 is 0 Å². The Bertz CT molecular complexity index is 118. The molecule has 1 aliphatic rings. The largest absolute Gasteiger partial charge is 0.353 e. The molecule has 0 unspecified atom stereocenters. The lowest BCUT2D eigenvalue weighted by atomic mass is 10.7. The number of guanidine groups is 1. The minimum Gasteiger partial charge on any atom is -0.353 e. The molecule has 0 bridgehead atoms. The number of aliphatic imine (C=N–C) groups is 1. The Balaban J connectivity index is 2.26. The predicted molar refractivity (Wildman–Crippen MR) is 37.1 cm³/mol. The molecule has 0 radical (unpaired) electrons. The summed E-state index contributed by atoms with van der Waals surface area (Å²) in [5, 5.41) is 4.94. The summed E-state index contributed by atoms with van der Waals surface area (Å²) < 4.78 is 0. The number of nitrogens with zero attached hydrogens (tertiary/aromatic N) is 2. The van der Waals surface area contributed by atoms with Crippen LogP contribution in [0.1, 0.15) is 0 Å². The Hall–Kier alpha value is -0.770. The maximum Gasteiger partial charge on any atom is 0.206 e. The molecule has 2 N–H and O–H groups in total. The standard InChI is InChI=1S/C5H12N4/c1-9(2)8-5-6-3-4-7-5/h3-4H2,1-2H3,(H2,6,7,8). The molecule has 4 nitrogen and oxygen atoms in total. The van der Waals surface area contributed by atoms with Gasteiger partial charge in [0, 0.05) is 20.6 Å². The van der Waals surface area contributed by atoms with Crippen LogP contribution in [0.4, 0.5) is 0 Å². The Morgan fingerprint density at radius 3 is 2.89 bits per heavy atom. The van der Waals surface area contributed by atoms with Gasteiger partial charge < -0.3 is 5.32 Å². The summed E-state index contributed by atoms with van der Waals surface area (Å²) in [5.41, 5.74) is 3.01. The van der Waals surface area contributed by atoms with Gasteiger partial charge in [-0.2, -0.15) is 0 Å². The lowest BCUT2D eigenvalue weighted by molar-refractivity contribution is 0.358. The highest BCUT2D eigenvalue weighted by Crippen LogP contribution is 1.80. The molecule has 0 aromatic rings. The molecule has 0 aromatic heterocycles. The van der Waals surface area contributed by atoms with E-state index in [0.717, 1.165) is 19.0 Å². The average Bonchev–Trinajstić information content (AvgIpc) is 2.15. The van der Waals surface area contributed by atoms with Crippen LogP contribution in [-0.4, -0.2) is 38.2 Å². The van der Waals surface area contributed by atoms with Crippen LogP contribution in [-0.2, 0) is 0 Å². The summed E-state index contributed by atoms with van der Waals surface area (Å²) >= 11 is 0. The molecule has 0 aliphatic carbocycles. The fraction of sp³-hybridized carbons (Fsp3) is 0.800. The third-order valence-electron chi connectivity index (χ3n) is 1.00. The van der Waals surface area contributed by atoms with Crippen molar-refractivity contribution in [3.05, 3.63) is 0 Å². The molecule has 1 aliphatic heterocycles. The minimum atomic E-state index is 0.875. The summed E-state index contributed by atoms with van der Waals surface area (Å²) in [6.45, 7) is 1.84. The van der Waals surface area contributed by atoms with Gasteiger partial charge in [-0.15, -0.1) is 0 Å². The zero-order chi connectivity index (χ0) is 6.69.